The molecule has 1 N–H and O–H groups in total. The van der Waals surface area contributed by atoms with Gasteiger partial charge in [-0.1, -0.05) is 12.1 Å². The molecule has 0 radical (unpaired) electrons. The van der Waals surface area contributed by atoms with Gasteiger partial charge in [0.05, 0.1) is 6.61 Å². The first kappa shape index (κ1) is 19.0. The molecule has 3 aromatic rings. The van der Waals surface area contributed by atoms with Gasteiger partial charge in [-0.3, -0.25) is 9.59 Å². The summed E-state index contributed by atoms with van der Waals surface area (Å²) in [5.41, 5.74) is 2.01. The van der Waals surface area contributed by atoms with Crippen LogP contribution in [0.1, 0.15) is 17.3 Å². The van der Waals surface area contributed by atoms with E-state index >= 15 is 0 Å². The largest absolute Gasteiger partial charge is 0.465 e. The summed E-state index contributed by atoms with van der Waals surface area (Å²) >= 11 is 0. The number of ether oxygens (including phenoxy) is 5. The van der Waals surface area contributed by atoms with Gasteiger partial charge in [0.25, 0.3) is 5.91 Å². The van der Waals surface area contributed by atoms with Crippen LogP contribution >= 0.6 is 0 Å². The highest BCUT2D eigenvalue weighted by Gasteiger charge is 2.23. The van der Waals surface area contributed by atoms with Gasteiger partial charge in [-0.15, -0.1) is 0 Å². The fourth-order valence-corrected chi connectivity index (χ4v) is 3.71. The Balaban J connectivity index is 1.60. The molecular formula is C23H19NO7. The average Bonchev–Trinajstić information content (AvgIpc) is 3.45. The van der Waals surface area contributed by atoms with Crippen LogP contribution in [0.3, 0.4) is 0 Å². The first-order valence-corrected chi connectivity index (χ1v) is 9.84. The summed E-state index contributed by atoms with van der Waals surface area (Å²) in [6, 6.07) is 12.8. The quantitative estimate of drug-likeness (QED) is 0.632. The predicted molar refractivity (Wildman–Crippen MR) is 111 cm³/mol. The van der Waals surface area contributed by atoms with Crippen molar-refractivity contribution in [3.63, 3.8) is 0 Å². The van der Waals surface area contributed by atoms with Crippen LogP contribution in [-0.2, 0) is 9.53 Å². The number of hydrogen-bond donors (Lipinski definition) is 1. The Hall–Kier alpha value is -3.94. The summed E-state index contributed by atoms with van der Waals surface area (Å²) < 4.78 is 27.1. The van der Waals surface area contributed by atoms with E-state index in [2.05, 4.69) is 5.32 Å². The highest BCUT2D eigenvalue weighted by Crippen LogP contribution is 2.46. The van der Waals surface area contributed by atoms with Gasteiger partial charge >= 0.3 is 5.97 Å². The van der Waals surface area contributed by atoms with Gasteiger partial charge < -0.3 is 29.0 Å². The molecule has 5 rings (SSSR count). The van der Waals surface area contributed by atoms with Crippen LogP contribution < -0.4 is 24.3 Å². The van der Waals surface area contributed by atoms with Crippen molar-refractivity contribution in [3.8, 4) is 34.1 Å². The van der Waals surface area contributed by atoms with E-state index in [0.29, 0.717) is 28.6 Å². The Labute approximate surface area is 177 Å². The maximum Gasteiger partial charge on any atom is 0.325 e. The van der Waals surface area contributed by atoms with E-state index in [-0.39, 0.29) is 32.6 Å². The highest BCUT2D eigenvalue weighted by molar-refractivity contribution is 6.08. The summed E-state index contributed by atoms with van der Waals surface area (Å²) in [5, 5.41) is 4.24. The molecule has 0 atom stereocenters. The van der Waals surface area contributed by atoms with Crippen LogP contribution in [0.15, 0.2) is 42.5 Å². The van der Waals surface area contributed by atoms with E-state index < -0.39 is 5.97 Å². The standard InChI is InChI=1S/C23H19NO7/c1-2-27-20(25)10-24-23(26)15-7-14-4-6-18-22(31-12-29-18)21(14)16(8-15)13-3-5-17-19(9-13)30-11-28-17/h3-9H,2,10-12H2,1H3,(H,24,26). The molecule has 2 aliphatic heterocycles. The number of nitrogens with one attached hydrogen (secondary N) is 1. The summed E-state index contributed by atoms with van der Waals surface area (Å²) in [6.07, 6.45) is 0. The molecule has 0 aromatic heterocycles. The van der Waals surface area contributed by atoms with Gasteiger partial charge in [0.15, 0.2) is 23.0 Å². The molecular weight excluding hydrogens is 402 g/mol. The first-order chi connectivity index (χ1) is 15.1. The third kappa shape index (κ3) is 3.46. The molecule has 0 fully saturated rings. The van der Waals surface area contributed by atoms with Crippen molar-refractivity contribution in [1.29, 1.82) is 0 Å². The second-order valence-corrected chi connectivity index (χ2v) is 6.98. The summed E-state index contributed by atoms with van der Waals surface area (Å²) in [5.74, 6) is 1.71. The molecule has 0 bridgehead atoms. The highest BCUT2D eigenvalue weighted by atomic mass is 16.7. The van der Waals surface area contributed by atoms with Crippen molar-refractivity contribution in [2.45, 2.75) is 6.92 Å². The molecule has 0 unspecified atom stereocenters. The van der Waals surface area contributed by atoms with Crippen molar-refractivity contribution >= 4 is 22.6 Å². The minimum absolute atomic E-state index is 0.136. The number of carbonyl (C=O) groups is 2. The van der Waals surface area contributed by atoms with Crippen LogP contribution in [0.2, 0.25) is 0 Å². The molecule has 158 valence electrons. The maximum atomic E-state index is 12.8. The average molecular weight is 421 g/mol. The fourth-order valence-electron chi connectivity index (χ4n) is 3.71. The molecule has 0 spiro atoms. The summed E-state index contributed by atoms with van der Waals surface area (Å²) in [6.45, 7) is 2.07. The molecule has 8 heteroatoms. The van der Waals surface area contributed by atoms with Crippen molar-refractivity contribution in [2.75, 3.05) is 26.7 Å². The van der Waals surface area contributed by atoms with E-state index in [0.717, 1.165) is 21.9 Å². The van der Waals surface area contributed by atoms with E-state index in [4.69, 9.17) is 23.7 Å². The van der Waals surface area contributed by atoms with E-state index in [1.807, 2.05) is 30.3 Å². The van der Waals surface area contributed by atoms with Crippen molar-refractivity contribution in [2.24, 2.45) is 0 Å². The number of esters is 1. The summed E-state index contributed by atoms with van der Waals surface area (Å²) in [4.78, 5) is 24.4. The zero-order chi connectivity index (χ0) is 21.4. The Kier molecular flexibility index (Phi) is 4.74. The Morgan fingerprint density at radius 2 is 1.71 bits per heavy atom. The smallest absolute Gasteiger partial charge is 0.325 e. The maximum absolute atomic E-state index is 12.8. The number of carbonyl (C=O) groups excluding carboxylic acids is 2. The monoisotopic (exact) mass is 421 g/mol. The third-order valence-corrected chi connectivity index (χ3v) is 5.10. The van der Waals surface area contributed by atoms with Crippen molar-refractivity contribution < 1.29 is 33.3 Å². The Morgan fingerprint density at radius 1 is 0.935 bits per heavy atom. The lowest BCUT2D eigenvalue weighted by Crippen LogP contribution is -2.30. The van der Waals surface area contributed by atoms with Crippen LogP contribution in [-0.4, -0.2) is 38.6 Å². The lowest BCUT2D eigenvalue weighted by molar-refractivity contribution is -0.141. The number of benzene rings is 3. The Bertz CT molecular complexity index is 1200. The molecule has 0 aliphatic carbocycles. The van der Waals surface area contributed by atoms with E-state index in [9.17, 15) is 9.59 Å². The second kappa shape index (κ2) is 7.71. The number of amides is 1. The zero-order valence-corrected chi connectivity index (χ0v) is 16.7. The van der Waals surface area contributed by atoms with Crippen LogP contribution in [0, 0.1) is 0 Å². The second-order valence-electron chi connectivity index (χ2n) is 6.98. The lowest BCUT2D eigenvalue weighted by atomic mass is 9.94. The van der Waals surface area contributed by atoms with Gasteiger partial charge in [0, 0.05) is 10.9 Å². The number of fused-ring (bicyclic) bond motifs is 4. The van der Waals surface area contributed by atoms with Gasteiger partial charge in [-0.05, 0) is 53.8 Å². The van der Waals surface area contributed by atoms with Crippen LogP contribution in [0.25, 0.3) is 21.9 Å². The molecule has 1 amide bonds. The molecule has 0 saturated carbocycles. The topological polar surface area (TPSA) is 92.3 Å². The van der Waals surface area contributed by atoms with Gasteiger partial charge in [-0.25, -0.2) is 0 Å². The minimum Gasteiger partial charge on any atom is -0.465 e. The molecule has 0 saturated heterocycles. The molecule has 8 nitrogen and oxygen atoms in total. The van der Waals surface area contributed by atoms with E-state index in [1.54, 1.807) is 19.1 Å². The summed E-state index contributed by atoms with van der Waals surface area (Å²) in [7, 11) is 0. The minimum atomic E-state index is -0.490. The molecule has 2 aliphatic rings. The van der Waals surface area contributed by atoms with Crippen LogP contribution in [0.5, 0.6) is 23.0 Å². The molecule has 3 aromatic carbocycles. The number of rotatable bonds is 5. The van der Waals surface area contributed by atoms with E-state index in [1.165, 1.54) is 0 Å². The normalized spacial score (nSPS) is 13.3. The first-order valence-electron chi connectivity index (χ1n) is 9.84. The predicted octanol–water partition coefficient (Wildman–Crippen LogP) is 3.26. The molecule has 2 heterocycles. The van der Waals surface area contributed by atoms with Gasteiger partial charge in [-0.2, -0.15) is 0 Å². The van der Waals surface area contributed by atoms with Crippen molar-refractivity contribution in [1.82, 2.24) is 5.32 Å². The zero-order valence-electron chi connectivity index (χ0n) is 16.7. The third-order valence-electron chi connectivity index (χ3n) is 5.10. The fraction of sp³-hybridized carbons (Fsp3) is 0.217. The molecule has 31 heavy (non-hydrogen) atoms. The van der Waals surface area contributed by atoms with Crippen molar-refractivity contribution in [3.05, 3.63) is 48.0 Å². The Morgan fingerprint density at radius 3 is 2.58 bits per heavy atom. The van der Waals surface area contributed by atoms with Crippen LogP contribution in [0.4, 0.5) is 0 Å². The van der Waals surface area contributed by atoms with Gasteiger partial charge in [0.1, 0.15) is 6.54 Å². The number of hydrogen-bond acceptors (Lipinski definition) is 7. The lowest BCUT2D eigenvalue weighted by Gasteiger charge is -2.13. The SMILES string of the molecule is CCOC(=O)CNC(=O)c1cc(-c2ccc3c(c2)OCO3)c2c3c(ccc2c1)OCO3. The van der Waals surface area contributed by atoms with Gasteiger partial charge in [0.2, 0.25) is 13.6 Å².